The van der Waals surface area contributed by atoms with Crippen molar-refractivity contribution in [3.63, 3.8) is 0 Å². The molecule has 154 valence electrons. The highest BCUT2D eigenvalue weighted by Crippen LogP contribution is 2.32. The lowest BCUT2D eigenvalue weighted by molar-refractivity contribution is -0.121. The van der Waals surface area contributed by atoms with Gasteiger partial charge in [0, 0.05) is 10.9 Å². The highest BCUT2D eigenvalue weighted by atomic mass is 32.1. The van der Waals surface area contributed by atoms with E-state index in [4.69, 9.17) is 9.47 Å². The number of rotatable bonds is 6. The molecule has 1 aliphatic rings. The molecule has 0 bridgehead atoms. The zero-order chi connectivity index (χ0) is 20.9. The Hall–Kier alpha value is -3.39. The molecule has 0 spiro atoms. The molecule has 2 aromatic carbocycles. The van der Waals surface area contributed by atoms with Crippen molar-refractivity contribution < 1.29 is 19.1 Å². The van der Waals surface area contributed by atoms with Crippen LogP contribution in [-0.2, 0) is 11.2 Å². The number of nitrogens with one attached hydrogen (secondary N) is 2. The Bertz CT molecular complexity index is 1050. The van der Waals surface area contributed by atoms with Crippen LogP contribution in [0, 0.1) is 0 Å². The minimum atomic E-state index is -0.229. The van der Waals surface area contributed by atoms with Crippen molar-refractivity contribution >= 4 is 28.3 Å². The van der Waals surface area contributed by atoms with Crippen molar-refractivity contribution in [2.24, 2.45) is 0 Å². The number of benzene rings is 2. The van der Waals surface area contributed by atoms with E-state index in [1.807, 2.05) is 31.2 Å². The largest absolute Gasteiger partial charge is 0.486 e. The van der Waals surface area contributed by atoms with E-state index in [0.717, 1.165) is 11.3 Å². The zero-order valence-corrected chi connectivity index (χ0v) is 17.2. The summed E-state index contributed by atoms with van der Waals surface area (Å²) in [6.45, 7) is 2.97. The molecular weight excluding hydrogens is 402 g/mol. The van der Waals surface area contributed by atoms with Gasteiger partial charge in [-0.3, -0.25) is 14.9 Å². The number of ether oxygens (including phenoxy) is 2. The summed E-state index contributed by atoms with van der Waals surface area (Å²) in [5, 5.41) is 7.96. The lowest BCUT2D eigenvalue weighted by Gasteiger charge is -2.21. The number of hydrogen-bond acceptors (Lipinski definition) is 6. The van der Waals surface area contributed by atoms with Crippen molar-refractivity contribution in [1.29, 1.82) is 0 Å². The smallest absolute Gasteiger partial charge is 0.257 e. The molecule has 1 atom stereocenters. The second kappa shape index (κ2) is 8.96. The van der Waals surface area contributed by atoms with Crippen LogP contribution < -0.4 is 20.1 Å². The number of amides is 2. The summed E-state index contributed by atoms with van der Waals surface area (Å²) in [5.41, 5.74) is 2.09. The highest BCUT2D eigenvalue weighted by Gasteiger charge is 2.17. The monoisotopic (exact) mass is 423 g/mol. The number of aromatic nitrogens is 1. The Morgan fingerprint density at radius 1 is 1.10 bits per heavy atom. The van der Waals surface area contributed by atoms with E-state index in [2.05, 4.69) is 15.6 Å². The van der Waals surface area contributed by atoms with Crippen molar-refractivity contribution in [1.82, 2.24) is 10.3 Å². The molecule has 2 N–H and O–H groups in total. The third-order valence-electron chi connectivity index (χ3n) is 4.59. The lowest BCUT2D eigenvalue weighted by Crippen LogP contribution is -2.28. The second-order valence-electron chi connectivity index (χ2n) is 6.83. The van der Waals surface area contributed by atoms with Crippen LogP contribution in [-0.4, -0.2) is 30.0 Å². The number of carbonyl (C=O) groups is 2. The Morgan fingerprint density at radius 2 is 1.87 bits per heavy atom. The fourth-order valence-electron chi connectivity index (χ4n) is 3.07. The highest BCUT2D eigenvalue weighted by molar-refractivity contribution is 7.14. The SMILES string of the molecule is C[C@H](NC(=O)Cc1csc(NC(=O)c2ccccc2)n1)c1ccc2c(c1)OCCO2. The Morgan fingerprint density at radius 3 is 2.67 bits per heavy atom. The van der Waals surface area contributed by atoms with E-state index >= 15 is 0 Å². The second-order valence-corrected chi connectivity index (χ2v) is 7.69. The average Bonchev–Trinajstić information content (AvgIpc) is 3.20. The Kier molecular flexibility index (Phi) is 5.94. The molecule has 0 aliphatic carbocycles. The Labute approximate surface area is 178 Å². The summed E-state index contributed by atoms with van der Waals surface area (Å²) in [7, 11) is 0. The van der Waals surface area contributed by atoms with Gasteiger partial charge in [-0.2, -0.15) is 0 Å². The van der Waals surface area contributed by atoms with Crippen LogP contribution in [0.15, 0.2) is 53.9 Å². The van der Waals surface area contributed by atoms with Crippen molar-refractivity contribution in [2.75, 3.05) is 18.5 Å². The fourth-order valence-corrected chi connectivity index (χ4v) is 3.78. The molecule has 8 heteroatoms. The molecule has 2 heterocycles. The first-order chi connectivity index (χ1) is 14.6. The van der Waals surface area contributed by atoms with Crippen LogP contribution in [0.4, 0.5) is 5.13 Å². The van der Waals surface area contributed by atoms with E-state index in [0.29, 0.717) is 35.4 Å². The average molecular weight is 423 g/mol. The van der Waals surface area contributed by atoms with Gasteiger partial charge in [-0.1, -0.05) is 24.3 Å². The van der Waals surface area contributed by atoms with Gasteiger partial charge >= 0.3 is 0 Å². The Balaban J connectivity index is 1.32. The molecule has 0 fully saturated rings. The molecule has 30 heavy (non-hydrogen) atoms. The molecule has 0 saturated carbocycles. The number of fused-ring (bicyclic) bond motifs is 1. The molecule has 3 aromatic rings. The molecule has 1 aliphatic heterocycles. The van der Waals surface area contributed by atoms with Gasteiger partial charge in [0.1, 0.15) is 13.2 Å². The first-order valence-electron chi connectivity index (χ1n) is 9.58. The maximum Gasteiger partial charge on any atom is 0.257 e. The van der Waals surface area contributed by atoms with Gasteiger partial charge in [-0.05, 0) is 36.8 Å². The fraction of sp³-hybridized carbons (Fsp3) is 0.227. The standard InChI is InChI=1S/C22H21N3O4S/c1-14(16-7-8-18-19(11-16)29-10-9-28-18)23-20(26)12-17-13-30-22(24-17)25-21(27)15-5-3-2-4-6-15/h2-8,11,13-14H,9-10,12H2,1H3,(H,23,26)(H,24,25,27)/t14-/m0/s1. The molecule has 0 saturated heterocycles. The number of anilines is 1. The molecule has 1 aromatic heterocycles. The number of thiazole rings is 1. The van der Waals surface area contributed by atoms with E-state index in [1.165, 1.54) is 11.3 Å². The molecule has 7 nitrogen and oxygen atoms in total. The molecule has 0 unspecified atom stereocenters. The van der Waals surface area contributed by atoms with Crippen molar-refractivity contribution in [3.05, 3.63) is 70.7 Å². The van der Waals surface area contributed by atoms with E-state index < -0.39 is 0 Å². The van der Waals surface area contributed by atoms with Gasteiger partial charge in [-0.15, -0.1) is 11.3 Å². The summed E-state index contributed by atoms with van der Waals surface area (Å²) in [6.07, 6.45) is 0.132. The maximum atomic E-state index is 12.4. The number of nitrogens with zero attached hydrogens (tertiary/aromatic N) is 1. The van der Waals surface area contributed by atoms with Crippen LogP contribution >= 0.6 is 11.3 Å². The summed E-state index contributed by atoms with van der Waals surface area (Å²) in [6, 6.07) is 14.4. The topological polar surface area (TPSA) is 89.6 Å². The van der Waals surface area contributed by atoms with Gasteiger partial charge < -0.3 is 14.8 Å². The third kappa shape index (κ3) is 4.77. The van der Waals surface area contributed by atoms with Crippen molar-refractivity contribution in [3.8, 4) is 11.5 Å². The van der Waals surface area contributed by atoms with Crippen molar-refractivity contribution in [2.45, 2.75) is 19.4 Å². The van der Waals surface area contributed by atoms with Crippen LogP contribution in [0.25, 0.3) is 0 Å². The first kappa shape index (κ1) is 19.9. The molecular formula is C22H21N3O4S. The summed E-state index contributed by atoms with van der Waals surface area (Å²) < 4.78 is 11.1. The normalized spacial score (nSPS) is 13.4. The quantitative estimate of drug-likeness (QED) is 0.633. The summed E-state index contributed by atoms with van der Waals surface area (Å²) in [4.78, 5) is 29.0. The minimum Gasteiger partial charge on any atom is -0.486 e. The molecule has 0 radical (unpaired) electrons. The maximum absolute atomic E-state index is 12.4. The van der Waals surface area contributed by atoms with Crippen LogP contribution in [0.1, 0.15) is 34.6 Å². The predicted molar refractivity (Wildman–Crippen MR) is 114 cm³/mol. The van der Waals surface area contributed by atoms with Crippen LogP contribution in [0.5, 0.6) is 11.5 Å². The van der Waals surface area contributed by atoms with E-state index in [9.17, 15) is 9.59 Å². The lowest BCUT2D eigenvalue weighted by atomic mass is 10.1. The van der Waals surface area contributed by atoms with Gasteiger partial charge in [0.2, 0.25) is 5.91 Å². The first-order valence-corrected chi connectivity index (χ1v) is 10.5. The van der Waals surface area contributed by atoms with Gasteiger partial charge in [0.25, 0.3) is 5.91 Å². The summed E-state index contributed by atoms with van der Waals surface area (Å²) >= 11 is 1.29. The van der Waals surface area contributed by atoms with E-state index in [-0.39, 0.29) is 24.3 Å². The van der Waals surface area contributed by atoms with Gasteiger partial charge in [0.15, 0.2) is 16.6 Å². The third-order valence-corrected chi connectivity index (χ3v) is 5.40. The van der Waals surface area contributed by atoms with Gasteiger partial charge in [-0.25, -0.2) is 4.98 Å². The predicted octanol–water partition coefficient (Wildman–Crippen LogP) is 3.59. The van der Waals surface area contributed by atoms with Crippen LogP contribution in [0.3, 0.4) is 0 Å². The molecule has 2 amide bonds. The van der Waals surface area contributed by atoms with Gasteiger partial charge in [0.05, 0.1) is 18.2 Å². The zero-order valence-electron chi connectivity index (χ0n) is 16.4. The molecule has 4 rings (SSSR count). The minimum absolute atomic E-state index is 0.132. The number of hydrogen-bond donors (Lipinski definition) is 2. The summed E-state index contributed by atoms with van der Waals surface area (Å²) in [5.74, 6) is 1.03. The number of carbonyl (C=O) groups excluding carboxylic acids is 2. The van der Waals surface area contributed by atoms with E-state index in [1.54, 1.807) is 29.6 Å². The van der Waals surface area contributed by atoms with Crippen LogP contribution in [0.2, 0.25) is 0 Å².